The predicted molar refractivity (Wildman–Crippen MR) is 228 cm³/mol. The zero-order valence-corrected chi connectivity index (χ0v) is 35.5. The van der Waals surface area contributed by atoms with E-state index in [0.717, 1.165) is 38.5 Å². The van der Waals surface area contributed by atoms with Crippen LogP contribution in [0.4, 0.5) is 0 Å². The van der Waals surface area contributed by atoms with Crippen molar-refractivity contribution >= 4 is 23.5 Å². The number of benzene rings is 1. The molecule has 1 aromatic carbocycles. The highest BCUT2D eigenvalue weighted by Gasteiger charge is 2.42. The van der Waals surface area contributed by atoms with Crippen molar-refractivity contribution in [1.29, 1.82) is 0 Å². The molecule has 0 heterocycles. The number of alkyl halides is 1. The average Bonchev–Trinajstić information content (AvgIpc) is 3.43. The molecule has 7 heteroatoms. The van der Waals surface area contributed by atoms with Gasteiger partial charge in [-0.1, -0.05) is 140 Å². The number of carbonyl (C=O) groups is 2. The molecule has 55 heavy (non-hydrogen) atoms. The molecule has 2 aliphatic rings. The van der Waals surface area contributed by atoms with Gasteiger partial charge in [-0.05, 0) is 93.2 Å². The number of allylic oxidation sites excluding steroid dienone is 2. The van der Waals surface area contributed by atoms with E-state index in [0.29, 0.717) is 37.7 Å². The average molecular weight is 786 g/mol. The summed E-state index contributed by atoms with van der Waals surface area (Å²) in [6.07, 6.45) is 36.3. The lowest BCUT2D eigenvalue weighted by atomic mass is 9.63. The molecule has 0 saturated heterocycles. The third-order valence-electron chi connectivity index (χ3n) is 12.5. The fourth-order valence-electron chi connectivity index (χ4n) is 8.46. The predicted octanol–water partition coefficient (Wildman–Crippen LogP) is 12.4. The van der Waals surface area contributed by atoms with Crippen molar-refractivity contribution < 1.29 is 29.3 Å². The third kappa shape index (κ3) is 18.3. The first-order valence-corrected chi connectivity index (χ1v) is 23.0. The van der Waals surface area contributed by atoms with Gasteiger partial charge in [-0.2, -0.15) is 0 Å². The Morgan fingerprint density at radius 2 is 1.44 bits per heavy atom. The number of aliphatic hydroxyl groups is 2. The van der Waals surface area contributed by atoms with Crippen LogP contribution in [-0.2, 0) is 20.7 Å². The molecule has 0 bridgehead atoms. The molecule has 2 fully saturated rings. The molecule has 3 rings (SSSR count). The molecule has 0 amide bonds. The third-order valence-corrected chi connectivity index (χ3v) is 13.0. The fourth-order valence-corrected chi connectivity index (χ4v) is 8.92. The number of esters is 2. The Balaban J connectivity index is 1.16. The lowest BCUT2D eigenvalue weighted by Gasteiger charge is -2.45. The number of halogens is 1. The molecule has 0 aliphatic heterocycles. The fraction of sp³-hybridized carbons (Fsp3) is 0.750. The van der Waals surface area contributed by atoms with Gasteiger partial charge in [-0.25, -0.2) is 4.79 Å². The van der Waals surface area contributed by atoms with Crippen LogP contribution in [0.2, 0.25) is 0 Å². The van der Waals surface area contributed by atoms with Gasteiger partial charge in [0.1, 0.15) is 0 Å². The van der Waals surface area contributed by atoms with Gasteiger partial charge in [-0.15, -0.1) is 11.6 Å². The van der Waals surface area contributed by atoms with Crippen LogP contribution in [-0.4, -0.2) is 53.0 Å². The molecule has 6 nitrogen and oxygen atoms in total. The van der Waals surface area contributed by atoms with Crippen molar-refractivity contribution in [3.8, 4) is 0 Å². The minimum absolute atomic E-state index is 0.0124. The van der Waals surface area contributed by atoms with Crippen LogP contribution in [0, 0.1) is 17.3 Å². The highest BCUT2D eigenvalue weighted by molar-refractivity contribution is 6.21. The molecule has 0 spiro atoms. The first kappa shape index (κ1) is 47.2. The van der Waals surface area contributed by atoms with Crippen molar-refractivity contribution in [3.05, 3.63) is 59.7 Å². The zero-order valence-electron chi connectivity index (χ0n) is 34.7. The molecule has 0 unspecified atom stereocenters. The molecule has 2 N–H and O–H groups in total. The van der Waals surface area contributed by atoms with Crippen molar-refractivity contribution in [3.63, 3.8) is 0 Å². The normalized spacial score (nSPS) is 21.3. The van der Waals surface area contributed by atoms with Gasteiger partial charge in [-0.3, -0.25) is 4.79 Å². The Hall–Kier alpha value is -2.15. The highest BCUT2D eigenvalue weighted by Crippen LogP contribution is 2.48. The van der Waals surface area contributed by atoms with Crippen LogP contribution in [0.15, 0.2) is 48.6 Å². The summed E-state index contributed by atoms with van der Waals surface area (Å²) in [6.45, 7) is 4.88. The maximum atomic E-state index is 12.5. The zero-order chi connectivity index (χ0) is 39.6. The van der Waals surface area contributed by atoms with Gasteiger partial charge in [0, 0.05) is 24.1 Å². The largest absolute Gasteiger partial charge is 0.466 e. The number of aliphatic hydroxyl groups excluding tert-OH is 2. The number of aryl methyl sites for hydroxylation is 1. The van der Waals surface area contributed by atoms with Crippen molar-refractivity contribution in [2.24, 2.45) is 17.3 Å². The minimum Gasteiger partial charge on any atom is -0.466 e. The molecule has 1 aromatic rings. The summed E-state index contributed by atoms with van der Waals surface area (Å²) in [4.78, 5) is 24.7. The second-order valence-corrected chi connectivity index (χ2v) is 17.2. The molecule has 2 saturated carbocycles. The molecule has 2 aliphatic carbocycles. The number of ether oxygens (including phenoxy) is 2. The van der Waals surface area contributed by atoms with Gasteiger partial charge in [0.05, 0.1) is 31.0 Å². The molecular formula is C48H77ClO6. The maximum Gasteiger partial charge on any atom is 0.338 e. The van der Waals surface area contributed by atoms with E-state index >= 15 is 0 Å². The summed E-state index contributed by atoms with van der Waals surface area (Å²) in [5.74, 6) is -0.453. The summed E-state index contributed by atoms with van der Waals surface area (Å²) in [5, 5.41) is 21.3. The van der Waals surface area contributed by atoms with E-state index in [9.17, 15) is 19.8 Å². The molecule has 5 atom stereocenters. The lowest BCUT2D eigenvalue weighted by molar-refractivity contribution is -0.144. The van der Waals surface area contributed by atoms with Gasteiger partial charge in [0.15, 0.2) is 0 Å². The molecule has 0 aromatic heterocycles. The Bertz CT molecular complexity index is 1220. The van der Waals surface area contributed by atoms with Gasteiger partial charge >= 0.3 is 11.9 Å². The monoisotopic (exact) mass is 785 g/mol. The highest BCUT2D eigenvalue weighted by atomic mass is 35.5. The van der Waals surface area contributed by atoms with Crippen LogP contribution in [0.5, 0.6) is 0 Å². The lowest BCUT2D eigenvalue weighted by Crippen LogP contribution is -2.40. The maximum absolute atomic E-state index is 12.5. The van der Waals surface area contributed by atoms with Crippen LogP contribution in [0.3, 0.4) is 0 Å². The summed E-state index contributed by atoms with van der Waals surface area (Å²) < 4.78 is 10.7. The number of carbonyl (C=O) groups excluding carboxylic acids is 2. The molecule has 312 valence electrons. The van der Waals surface area contributed by atoms with Gasteiger partial charge < -0.3 is 19.7 Å². The van der Waals surface area contributed by atoms with Gasteiger partial charge in [0.25, 0.3) is 0 Å². The quantitative estimate of drug-likeness (QED) is 0.0337. The van der Waals surface area contributed by atoms with Crippen molar-refractivity contribution in [2.75, 3.05) is 13.2 Å². The van der Waals surface area contributed by atoms with E-state index in [1.807, 2.05) is 24.3 Å². The van der Waals surface area contributed by atoms with Gasteiger partial charge in [0.2, 0.25) is 0 Å². The Morgan fingerprint density at radius 1 is 0.818 bits per heavy atom. The van der Waals surface area contributed by atoms with E-state index in [1.54, 1.807) is 0 Å². The van der Waals surface area contributed by atoms with E-state index < -0.39 is 6.10 Å². The number of rotatable bonds is 31. The number of hydrogen-bond donors (Lipinski definition) is 2. The molecule has 0 radical (unpaired) electrons. The molecular weight excluding hydrogens is 708 g/mol. The Morgan fingerprint density at radius 3 is 2.04 bits per heavy atom. The number of hydrogen-bond acceptors (Lipinski definition) is 6. The van der Waals surface area contributed by atoms with Crippen molar-refractivity contribution in [2.45, 2.75) is 198 Å². The summed E-state index contributed by atoms with van der Waals surface area (Å²) in [7, 11) is 0. The van der Waals surface area contributed by atoms with E-state index in [4.69, 9.17) is 21.1 Å². The summed E-state index contributed by atoms with van der Waals surface area (Å²) in [5.41, 5.74) is 1.89. The van der Waals surface area contributed by atoms with Crippen molar-refractivity contribution in [1.82, 2.24) is 0 Å². The second kappa shape index (κ2) is 28.3. The van der Waals surface area contributed by atoms with Crippen LogP contribution in [0.1, 0.15) is 190 Å². The smallest absolute Gasteiger partial charge is 0.338 e. The SMILES string of the molecule is CCCCCCCCCCCCCCCCc1ccc(C(=O)OCCCOC(=O)CCC/C=C\C[C@@H]2[C@H](/C=C/C[C@H](O)C3(CC)CCC3)[C@H](O)C[C@@H]2Cl)cc1. The number of unbranched alkanes of at least 4 members (excludes halogenated alkanes) is 14. The van der Waals surface area contributed by atoms with E-state index in [1.165, 1.54) is 102 Å². The minimum atomic E-state index is -0.462. The van der Waals surface area contributed by atoms with E-state index in [-0.39, 0.29) is 53.9 Å². The van der Waals surface area contributed by atoms with Crippen LogP contribution < -0.4 is 0 Å². The first-order valence-electron chi connectivity index (χ1n) is 22.5. The standard InChI is InChI=1S/C48H77ClO6/c1-3-5-6-7-8-9-10-11-12-13-14-15-16-19-25-39-30-32-40(33-31-39)47(53)55-37-24-36-54-46(52)29-21-18-17-20-26-41-42(44(50)38-43(41)49)27-22-28-45(51)48(4-2)34-23-35-48/h17,20,22,27,30-33,41-45,50-51H,3-16,18-19,21,23-26,28-29,34-38H2,1-2H3/b20-17-,27-22+/t41-,42+,43+,44-,45+/m1/s1. The summed E-state index contributed by atoms with van der Waals surface area (Å²) in [6, 6.07) is 7.76. The van der Waals surface area contributed by atoms with Crippen LogP contribution >= 0.6 is 11.6 Å². The second-order valence-electron chi connectivity index (χ2n) is 16.7. The Labute approximate surface area is 340 Å². The van der Waals surface area contributed by atoms with Crippen LogP contribution in [0.25, 0.3) is 0 Å². The first-order chi connectivity index (χ1) is 26.8. The summed E-state index contributed by atoms with van der Waals surface area (Å²) >= 11 is 6.63. The van der Waals surface area contributed by atoms with E-state index in [2.05, 4.69) is 38.2 Å². The Kier molecular flexibility index (Phi) is 24.3. The topological polar surface area (TPSA) is 93.1 Å².